The summed E-state index contributed by atoms with van der Waals surface area (Å²) in [4.78, 5) is 13.9. The highest BCUT2D eigenvalue weighted by Gasteiger charge is 2.10. The van der Waals surface area contributed by atoms with Crippen molar-refractivity contribution in [3.05, 3.63) is 74.2 Å². The van der Waals surface area contributed by atoms with Gasteiger partial charge in [0.15, 0.2) is 0 Å². The van der Waals surface area contributed by atoms with E-state index in [4.69, 9.17) is 9.47 Å². The number of hydrogen-bond acceptors (Lipinski definition) is 6. The van der Waals surface area contributed by atoms with Gasteiger partial charge in [0.05, 0.1) is 12.0 Å². The molecule has 0 bridgehead atoms. The van der Waals surface area contributed by atoms with E-state index in [2.05, 4.69) is 4.98 Å². The van der Waals surface area contributed by atoms with Gasteiger partial charge in [-0.2, -0.15) is 0 Å². The van der Waals surface area contributed by atoms with Crippen molar-refractivity contribution in [1.82, 2.24) is 4.98 Å². The summed E-state index contributed by atoms with van der Waals surface area (Å²) in [5, 5.41) is 19.9. The maximum Gasteiger partial charge on any atom is 0.307 e. The Morgan fingerprint density at radius 2 is 1.92 bits per heavy atom. The van der Waals surface area contributed by atoms with Crippen LogP contribution in [-0.4, -0.2) is 28.9 Å². The van der Waals surface area contributed by atoms with Gasteiger partial charge in [0.25, 0.3) is 0 Å². The molecule has 0 radical (unpaired) electrons. The number of ether oxygens (including phenoxy) is 2. The second-order valence-corrected chi connectivity index (χ2v) is 6.78. The van der Waals surface area contributed by atoms with E-state index < -0.39 is 6.10 Å². The summed E-state index contributed by atoms with van der Waals surface area (Å²) >= 11 is 0.992. The molecule has 0 fully saturated rings. The Bertz CT molecular complexity index is 916. The maximum atomic E-state index is 11.2. The molecular formula is C19H19NO5S. The SMILES string of the molecule is COc1cccc([C@@H](O)COc2ccc(Cc3sc(=O)[nH]c3O)cc2)c1. The number of rotatable bonds is 7. The smallest absolute Gasteiger partial charge is 0.307 e. The van der Waals surface area contributed by atoms with E-state index in [0.29, 0.717) is 22.8 Å². The summed E-state index contributed by atoms with van der Waals surface area (Å²) in [7, 11) is 1.58. The number of aliphatic hydroxyl groups excluding tert-OH is 1. The van der Waals surface area contributed by atoms with Gasteiger partial charge in [0.1, 0.15) is 24.2 Å². The first-order valence-electron chi connectivity index (χ1n) is 8.00. The van der Waals surface area contributed by atoms with E-state index in [1.807, 2.05) is 30.3 Å². The first-order chi connectivity index (χ1) is 12.5. The monoisotopic (exact) mass is 373 g/mol. The standard InChI is InChI=1S/C19H19NO5S/c1-24-15-4-2-3-13(10-15)16(21)11-25-14-7-5-12(6-8-14)9-17-18(22)20-19(23)26-17/h2-8,10,16,21-22H,9,11H2,1H3,(H,20,23)/t16-/m0/s1. The first-order valence-corrected chi connectivity index (χ1v) is 8.81. The van der Waals surface area contributed by atoms with Crippen LogP contribution < -0.4 is 14.3 Å². The maximum absolute atomic E-state index is 11.2. The molecule has 6 nitrogen and oxygen atoms in total. The first kappa shape index (κ1) is 18.0. The molecule has 0 saturated heterocycles. The third kappa shape index (κ3) is 4.44. The van der Waals surface area contributed by atoms with E-state index in [1.54, 1.807) is 25.3 Å². The summed E-state index contributed by atoms with van der Waals surface area (Å²) in [5.41, 5.74) is 1.66. The van der Waals surface area contributed by atoms with Gasteiger partial charge in [0.2, 0.25) is 5.88 Å². The fourth-order valence-electron chi connectivity index (χ4n) is 2.48. The zero-order valence-electron chi connectivity index (χ0n) is 14.1. The number of hydrogen-bond donors (Lipinski definition) is 3. The van der Waals surface area contributed by atoms with Crippen LogP contribution in [0.3, 0.4) is 0 Å². The van der Waals surface area contributed by atoms with E-state index in [0.717, 1.165) is 22.5 Å². The molecule has 0 aliphatic carbocycles. The minimum Gasteiger partial charge on any atom is -0.497 e. The highest BCUT2D eigenvalue weighted by atomic mass is 32.1. The quantitative estimate of drug-likeness (QED) is 0.592. The Labute approximate surface area is 154 Å². The zero-order valence-corrected chi connectivity index (χ0v) is 15.0. The van der Waals surface area contributed by atoms with Crippen LogP contribution in [0.25, 0.3) is 0 Å². The Morgan fingerprint density at radius 3 is 2.58 bits per heavy atom. The molecule has 0 unspecified atom stereocenters. The summed E-state index contributed by atoms with van der Waals surface area (Å²) in [6.07, 6.45) is -0.305. The van der Waals surface area contributed by atoms with Crippen LogP contribution in [0.2, 0.25) is 0 Å². The minimum atomic E-state index is -0.765. The number of aromatic hydroxyl groups is 1. The van der Waals surface area contributed by atoms with Gasteiger partial charge in [-0.3, -0.25) is 9.78 Å². The fourth-order valence-corrected chi connectivity index (χ4v) is 3.24. The Kier molecular flexibility index (Phi) is 5.60. The van der Waals surface area contributed by atoms with Gasteiger partial charge in [-0.25, -0.2) is 0 Å². The van der Waals surface area contributed by atoms with E-state index in [-0.39, 0.29) is 17.4 Å². The van der Waals surface area contributed by atoms with Gasteiger partial charge in [-0.05, 0) is 35.4 Å². The lowest BCUT2D eigenvalue weighted by Crippen LogP contribution is -2.09. The molecule has 1 atom stereocenters. The van der Waals surface area contributed by atoms with Crippen molar-refractivity contribution in [1.29, 1.82) is 0 Å². The highest BCUT2D eigenvalue weighted by molar-refractivity contribution is 7.09. The normalized spacial score (nSPS) is 11.9. The molecule has 3 N–H and O–H groups in total. The predicted octanol–water partition coefficient (Wildman–Crippen LogP) is 2.85. The molecule has 26 heavy (non-hydrogen) atoms. The molecular weight excluding hydrogens is 354 g/mol. The van der Waals surface area contributed by atoms with Crippen molar-refractivity contribution >= 4 is 11.3 Å². The molecule has 0 aliphatic heterocycles. The second-order valence-electron chi connectivity index (χ2n) is 5.71. The van der Waals surface area contributed by atoms with Crippen molar-refractivity contribution in [2.75, 3.05) is 13.7 Å². The Hall–Kier alpha value is -2.77. The topological polar surface area (TPSA) is 91.8 Å². The number of thiazole rings is 1. The summed E-state index contributed by atoms with van der Waals surface area (Å²) in [5.74, 6) is 1.23. The average molecular weight is 373 g/mol. The van der Waals surface area contributed by atoms with Crippen LogP contribution in [0.5, 0.6) is 17.4 Å². The van der Waals surface area contributed by atoms with Gasteiger partial charge in [-0.1, -0.05) is 35.6 Å². The number of nitrogens with one attached hydrogen (secondary N) is 1. The number of methoxy groups -OCH3 is 1. The van der Waals surface area contributed by atoms with Crippen LogP contribution >= 0.6 is 11.3 Å². The highest BCUT2D eigenvalue weighted by Crippen LogP contribution is 2.23. The van der Waals surface area contributed by atoms with Crippen molar-refractivity contribution in [2.24, 2.45) is 0 Å². The Morgan fingerprint density at radius 1 is 1.15 bits per heavy atom. The summed E-state index contributed by atoms with van der Waals surface area (Å²) in [6, 6.07) is 14.5. The zero-order chi connectivity index (χ0) is 18.5. The number of aliphatic hydroxyl groups is 1. The number of aromatic amines is 1. The number of H-pyrrole nitrogens is 1. The lowest BCUT2D eigenvalue weighted by molar-refractivity contribution is 0.108. The second kappa shape index (κ2) is 8.07. The molecule has 136 valence electrons. The summed E-state index contributed by atoms with van der Waals surface area (Å²) in [6.45, 7) is 0.118. The van der Waals surface area contributed by atoms with Crippen LogP contribution in [0.4, 0.5) is 0 Å². The molecule has 2 aromatic carbocycles. The van der Waals surface area contributed by atoms with E-state index in [1.165, 1.54) is 0 Å². The molecule has 3 aromatic rings. The van der Waals surface area contributed by atoms with E-state index >= 15 is 0 Å². The van der Waals surface area contributed by atoms with Gasteiger partial charge >= 0.3 is 4.87 Å². The minimum absolute atomic E-state index is 0.0817. The molecule has 7 heteroatoms. The molecule has 0 amide bonds. The van der Waals surface area contributed by atoms with Crippen LogP contribution in [0.1, 0.15) is 22.1 Å². The van der Waals surface area contributed by atoms with Crippen molar-refractivity contribution < 1.29 is 19.7 Å². The predicted molar refractivity (Wildman–Crippen MR) is 99.3 cm³/mol. The van der Waals surface area contributed by atoms with E-state index in [9.17, 15) is 15.0 Å². The molecule has 0 spiro atoms. The number of aromatic nitrogens is 1. The molecule has 3 rings (SSSR count). The molecule has 1 aromatic heterocycles. The summed E-state index contributed by atoms with van der Waals surface area (Å²) < 4.78 is 10.8. The van der Waals surface area contributed by atoms with Crippen LogP contribution in [0.15, 0.2) is 53.3 Å². The fraction of sp³-hybridized carbons (Fsp3) is 0.211. The van der Waals surface area contributed by atoms with Crippen molar-refractivity contribution in [3.63, 3.8) is 0 Å². The van der Waals surface area contributed by atoms with Gasteiger partial charge in [-0.15, -0.1) is 0 Å². The lowest BCUT2D eigenvalue weighted by atomic mass is 10.1. The number of benzene rings is 2. The van der Waals surface area contributed by atoms with Gasteiger partial charge < -0.3 is 19.7 Å². The Balaban J connectivity index is 1.58. The molecule has 0 saturated carbocycles. The average Bonchev–Trinajstić information content (AvgIpc) is 2.97. The lowest BCUT2D eigenvalue weighted by Gasteiger charge is -2.14. The molecule has 0 aliphatic rings. The van der Waals surface area contributed by atoms with Crippen LogP contribution in [0, 0.1) is 0 Å². The van der Waals surface area contributed by atoms with Crippen LogP contribution in [-0.2, 0) is 6.42 Å². The van der Waals surface area contributed by atoms with Crippen molar-refractivity contribution in [2.45, 2.75) is 12.5 Å². The largest absolute Gasteiger partial charge is 0.497 e. The van der Waals surface area contributed by atoms with Crippen molar-refractivity contribution in [3.8, 4) is 17.4 Å². The van der Waals surface area contributed by atoms with Gasteiger partial charge in [0, 0.05) is 6.42 Å². The third-order valence-electron chi connectivity index (χ3n) is 3.87. The molecule has 1 heterocycles. The third-order valence-corrected chi connectivity index (χ3v) is 4.75.